The molecule has 0 aromatic heterocycles. The highest BCUT2D eigenvalue weighted by Crippen LogP contribution is 2.42. The minimum absolute atomic E-state index is 0.0261. The van der Waals surface area contributed by atoms with E-state index in [1.54, 1.807) is 51.1 Å². The Morgan fingerprint density at radius 3 is 2.60 bits per heavy atom. The number of carbonyl (C=O) groups is 1. The number of aromatic hydroxyl groups is 1. The molecule has 0 radical (unpaired) electrons. The Kier molecular flexibility index (Phi) is 5.33. The minimum Gasteiger partial charge on any atom is -0.507 e. The summed E-state index contributed by atoms with van der Waals surface area (Å²) in [6.45, 7) is 5.49. The van der Waals surface area contributed by atoms with Crippen molar-refractivity contribution >= 4 is 5.97 Å². The zero-order valence-corrected chi connectivity index (χ0v) is 14.8. The van der Waals surface area contributed by atoms with Crippen LogP contribution >= 0.6 is 0 Å². The van der Waals surface area contributed by atoms with Crippen LogP contribution in [0.1, 0.15) is 31.9 Å². The van der Waals surface area contributed by atoms with Crippen molar-refractivity contribution < 1.29 is 19.4 Å². The SMILES string of the molecule is CCOC(=O)C(C)(C)c1cc(O)c(-c2cccc(C#N)c2)c(OC)c1. The number of nitrogens with zero attached hydrogens (tertiary/aromatic N) is 1. The van der Waals surface area contributed by atoms with E-state index in [0.29, 0.717) is 28.0 Å². The first-order chi connectivity index (χ1) is 11.8. The summed E-state index contributed by atoms with van der Waals surface area (Å²) in [4.78, 5) is 12.2. The molecule has 0 aliphatic carbocycles. The first kappa shape index (κ1) is 18.3. The van der Waals surface area contributed by atoms with Crippen molar-refractivity contribution in [3.8, 4) is 28.7 Å². The van der Waals surface area contributed by atoms with Crippen LogP contribution in [0.25, 0.3) is 11.1 Å². The zero-order chi connectivity index (χ0) is 18.6. The van der Waals surface area contributed by atoms with Gasteiger partial charge < -0.3 is 14.6 Å². The highest BCUT2D eigenvalue weighted by Gasteiger charge is 2.33. The van der Waals surface area contributed by atoms with Crippen LogP contribution < -0.4 is 4.74 Å². The molecular formula is C20H21NO4. The lowest BCUT2D eigenvalue weighted by molar-refractivity contribution is -0.148. The number of phenolic OH excluding ortho intramolecular Hbond substituents is 1. The number of benzene rings is 2. The number of ether oxygens (including phenoxy) is 2. The van der Waals surface area contributed by atoms with E-state index >= 15 is 0 Å². The van der Waals surface area contributed by atoms with Crippen molar-refractivity contribution in [2.45, 2.75) is 26.2 Å². The van der Waals surface area contributed by atoms with Crippen LogP contribution in [0.4, 0.5) is 0 Å². The third kappa shape index (κ3) is 3.58. The van der Waals surface area contributed by atoms with Gasteiger partial charge in [0.1, 0.15) is 11.5 Å². The van der Waals surface area contributed by atoms with Crippen molar-refractivity contribution in [3.63, 3.8) is 0 Å². The van der Waals surface area contributed by atoms with E-state index in [9.17, 15) is 9.90 Å². The van der Waals surface area contributed by atoms with Gasteiger partial charge in [-0.1, -0.05) is 12.1 Å². The van der Waals surface area contributed by atoms with Gasteiger partial charge in [-0.2, -0.15) is 5.26 Å². The van der Waals surface area contributed by atoms with Gasteiger partial charge in [0.2, 0.25) is 0 Å². The van der Waals surface area contributed by atoms with Crippen molar-refractivity contribution in [1.82, 2.24) is 0 Å². The standard InChI is InChI=1S/C20H21NO4/c1-5-25-19(23)20(2,3)15-10-16(22)18(17(11-15)24-4)14-8-6-7-13(9-14)12-21/h6-11,22H,5H2,1-4H3. The molecule has 0 heterocycles. The maximum atomic E-state index is 12.2. The molecule has 0 amide bonds. The molecule has 0 aliphatic rings. The second kappa shape index (κ2) is 7.27. The molecule has 2 aromatic carbocycles. The van der Waals surface area contributed by atoms with Gasteiger partial charge in [-0.3, -0.25) is 4.79 Å². The molecule has 2 rings (SSSR count). The van der Waals surface area contributed by atoms with Crippen molar-refractivity contribution in [3.05, 3.63) is 47.5 Å². The van der Waals surface area contributed by atoms with Gasteiger partial charge in [-0.15, -0.1) is 0 Å². The second-order valence-corrected chi connectivity index (χ2v) is 6.11. The van der Waals surface area contributed by atoms with Crippen LogP contribution in [0.5, 0.6) is 11.5 Å². The Hall–Kier alpha value is -3.00. The smallest absolute Gasteiger partial charge is 0.315 e. The number of nitriles is 1. The fraction of sp³-hybridized carbons (Fsp3) is 0.300. The normalized spacial score (nSPS) is 10.8. The molecule has 25 heavy (non-hydrogen) atoms. The summed E-state index contributed by atoms with van der Waals surface area (Å²) >= 11 is 0. The molecule has 0 atom stereocenters. The molecule has 2 aromatic rings. The van der Waals surface area contributed by atoms with E-state index in [1.165, 1.54) is 13.2 Å². The molecule has 0 bridgehead atoms. The number of carbonyl (C=O) groups excluding carboxylic acids is 1. The highest BCUT2D eigenvalue weighted by molar-refractivity contribution is 5.85. The maximum Gasteiger partial charge on any atom is 0.315 e. The Morgan fingerprint density at radius 1 is 1.28 bits per heavy atom. The molecule has 0 unspecified atom stereocenters. The average molecular weight is 339 g/mol. The predicted octanol–water partition coefficient (Wildman–Crippen LogP) is 3.78. The molecule has 5 heteroatoms. The van der Waals surface area contributed by atoms with E-state index in [2.05, 4.69) is 6.07 Å². The number of phenols is 1. The highest BCUT2D eigenvalue weighted by atomic mass is 16.5. The number of rotatable bonds is 5. The fourth-order valence-electron chi connectivity index (χ4n) is 2.59. The van der Waals surface area contributed by atoms with Crippen LogP contribution in [0.15, 0.2) is 36.4 Å². The summed E-state index contributed by atoms with van der Waals surface area (Å²) in [5.74, 6) is 0.0138. The summed E-state index contributed by atoms with van der Waals surface area (Å²) in [7, 11) is 1.49. The summed E-state index contributed by atoms with van der Waals surface area (Å²) in [5, 5.41) is 19.7. The lowest BCUT2D eigenvalue weighted by Gasteiger charge is -2.24. The van der Waals surface area contributed by atoms with Gasteiger partial charge in [0.05, 0.1) is 36.3 Å². The van der Waals surface area contributed by atoms with E-state index in [-0.39, 0.29) is 18.3 Å². The second-order valence-electron chi connectivity index (χ2n) is 6.11. The predicted molar refractivity (Wildman–Crippen MR) is 94.5 cm³/mol. The van der Waals surface area contributed by atoms with Gasteiger partial charge in [0.25, 0.3) is 0 Å². The lowest BCUT2D eigenvalue weighted by atomic mass is 9.83. The third-order valence-corrected chi connectivity index (χ3v) is 4.09. The Labute approximate surface area is 147 Å². The summed E-state index contributed by atoms with van der Waals surface area (Å²) < 4.78 is 10.6. The number of hydrogen-bond donors (Lipinski definition) is 1. The first-order valence-corrected chi connectivity index (χ1v) is 7.94. The van der Waals surface area contributed by atoms with E-state index in [4.69, 9.17) is 14.7 Å². The van der Waals surface area contributed by atoms with Crippen LogP contribution in [-0.4, -0.2) is 24.8 Å². The molecule has 130 valence electrons. The molecule has 5 nitrogen and oxygen atoms in total. The number of methoxy groups -OCH3 is 1. The van der Waals surface area contributed by atoms with Crippen molar-refractivity contribution in [1.29, 1.82) is 5.26 Å². The maximum absolute atomic E-state index is 12.2. The van der Waals surface area contributed by atoms with E-state index in [1.807, 2.05) is 0 Å². The Balaban J connectivity index is 2.59. The molecule has 0 saturated heterocycles. The van der Waals surface area contributed by atoms with Crippen LogP contribution in [0.3, 0.4) is 0 Å². The Morgan fingerprint density at radius 2 is 2.00 bits per heavy atom. The van der Waals surface area contributed by atoms with Crippen molar-refractivity contribution in [2.75, 3.05) is 13.7 Å². The molecule has 0 fully saturated rings. The summed E-state index contributed by atoms with van der Waals surface area (Å²) in [6, 6.07) is 12.2. The molecule has 0 aliphatic heterocycles. The van der Waals surface area contributed by atoms with Gasteiger partial charge in [-0.25, -0.2) is 0 Å². The van der Waals surface area contributed by atoms with Gasteiger partial charge in [0.15, 0.2) is 0 Å². The van der Waals surface area contributed by atoms with Gasteiger partial charge in [0, 0.05) is 0 Å². The van der Waals surface area contributed by atoms with Crippen molar-refractivity contribution in [2.24, 2.45) is 0 Å². The molecule has 1 N–H and O–H groups in total. The monoisotopic (exact) mass is 339 g/mol. The van der Waals surface area contributed by atoms with Crippen LogP contribution in [0.2, 0.25) is 0 Å². The van der Waals surface area contributed by atoms with Gasteiger partial charge >= 0.3 is 5.97 Å². The zero-order valence-electron chi connectivity index (χ0n) is 14.8. The fourth-order valence-corrected chi connectivity index (χ4v) is 2.59. The average Bonchev–Trinajstić information content (AvgIpc) is 2.61. The lowest BCUT2D eigenvalue weighted by Crippen LogP contribution is -2.31. The summed E-state index contributed by atoms with van der Waals surface area (Å²) in [5.41, 5.74) is 1.26. The van der Waals surface area contributed by atoms with Gasteiger partial charge in [-0.05, 0) is 56.2 Å². The van der Waals surface area contributed by atoms with E-state index in [0.717, 1.165) is 0 Å². The minimum atomic E-state index is -0.937. The molecule has 0 saturated carbocycles. The summed E-state index contributed by atoms with van der Waals surface area (Å²) in [6.07, 6.45) is 0. The quantitative estimate of drug-likeness (QED) is 0.839. The number of hydrogen-bond acceptors (Lipinski definition) is 5. The topological polar surface area (TPSA) is 79.5 Å². The van der Waals surface area contributed by atoms with E-state index < -0.39 is 5.41 Å². The first-order valence-electron chi connectivity index (χ1n) is 7.94. The molecular weight excluding hydrogens is 318 g/mol. The largest absolute Gasteiger partial charge is 0.507 e. The van der Waals surface area contributed by atoms with Crippen LogP contribution in [-0.2, 0) is 14.9 Å². The Bertz CT molecular complexity index is 834. The molecule has 0 spiro atoms. The number of esters is 1. The van der Waals surface area contributed by atoms with Crippen LogP contribution in [0, 0.1) is 11.3 Å². The third-order valence-electron chi connectivity index (χ3n) is 4.09.